The van der Waals surface area contributed by atoms with Gasteiger partial charge in [0.25, 0.3) is 0 Å². The van der Waals surface area contributed by atoms with Crippen LogP contribution in [0.4, 0.5) is 0 Å². The van der Waals surface area contributed by atoms with E-state index in [4.69, 9.17) is 14.2 Å². The number of aromatic hydroxyl groups is 1. The van der Waals surface area contributed by atoms with Gasteiger partial charge in [0.2, 0.25) is 6.29 Å². The van der Waals surface area contributed by atoms with E-state index in [2.05, 4.69) is 6.92 Å². The predicted octanol–water partition coefficient (Wildman–Crippen LogP) is 2.64. The summed E-state index contributed by atoms with van der Waals surface area (Å²) in [6, 6.07) is 3.55. The van der Waals surface area contributed by atoms with Crippen molar-refractivity contribution in [2.75, 3.05) is 6.61 Å². The van der Waals surface area contributed by atoms with Gasteiger partial charge in [-0.15, -0.1) is 0 Å². The number of benzene rings is 1. The Morgan fingerprint density at radius 3 is 2.45 bits per heavy atom. The second-order valence-electron chi connectivity index (χ2n) is 12.7. The maximum Gasteiger partial charge on any atom is 0.336 e. The molecule has 11 heteroatoms. The molecule has 0 spiro atoms. The van der Waals surface area contributed by atoms with Crippen LogP contribution in [0.3, 0.4) is 0 Å². The van der Waals surface area contributed by atoms with Crippen LogP contribution in [0.25, 0.3) is 0 Å². The van der Waals surface area contributed by atoms with Crippen LogP contribution in [0.1, 0.15) is 89.7 Å². The van der Waals surface area contributed by atoms with Gasteiger partial charge in [-0.1, -0.05) is 45.6 Å². The van der Waals surface area contributed by atoms with E-state index in [-0.39, 0.29) is 36.2 Å². The average molecular weight is 593 g/mol. The number of aliphatic carboxylic acids is 1. The van der Waals surface area contributed by atoms with E-state index in [0.717, 1.165) is 37.7 Å². The number of esters is 1. The van der Waals surface area contributed by atoms with Crippen LogP contribution in [0.5, 0.6) is 11.5 Å². The highest BCUT2D eigenvalue weighted by atomic mass is 16.7. The van der Waals surface area contributed by atoms with Gasteiger partial charge in [-0.2, -0.15) is 0 Å². The second kappa shape index (κ2) is 12.5. The first-order valence-electron chi connectivity index (χ1n) is 14.7. The molecule has 234 valence electrons. The Morgan fingerprint density at radius 2 is 1.81 bits per heavy atom. The van der Waals surface area contributed by atoms with Crippen LogP contribution in [0.15, 0.2) is 23.8 Å². The Kier molecular flexibility index (Phi) is 9.59. The summed E-state index contributed by atoms with van der Waals surface area (Å²) in [4.78, 5) is 24.6. The van der Waals surface area contributed by atoms with Crippen molar-refractivity contribution in [2.24, 2.45) is 5.92 Å². The van der Waals surface area contributed by atoms with Crippen molar-refractivity contribution in [3.8, 4) is 11.5 Å². The summed E-state index contributed by atoms with van der Waals surface area (Å²) in [6.45, 7) is 7.93. The molecular formula is C31H44O11. The highest BCUT2D eigenvalue weighted by Crippen LogP contribution is 2.55. The topological polar surface area (TPSA) is 183 Å². The fourth-order valence-corrected chi connectivity index (χ4v) is 6.50. The normalized spacial score (nSPS) is 31.5. The van der Waals surface area contributed by atoms with E-state index in [0.29, 0.717) is 17.7 Å². The van der Waals surface area contributed by atoms with Crippen LogP contribution in [0.2, 0.25) is 0 Å². The summed E-state index contributed by atoms with van der Waals surface area (Å²) >= 11 is 0. The number of carbonyl (C=O) groups is 2. The van der Waals surface area contributed by atoms with Crippen molar-refractivity contribution < 1.29 is 54.4 Å². The van der Waals surface area contributed by atoms with Gasteiger partial charge in [-0.05, 0) is 50.8 Å². The van der Waals surface area contributed by atoms with Crippen LogP contribution >= 0.6 is 0 Å². The standard InChI is InChI=1S/C31H44O11/c1-5-6-7-8-11-31(4,15-32)17-13-20(33)22-18-12-16(9-10-19(18)30(2,3)42-21(22)14-17)28(39)41-29-25(36)23(34)24(35)26(40-29)27(37)38/h9,13-14,18-19,23-26,29,32-36H,5-8,10-12,15H2,1-4H3,(H,37,38)/t18-,19-,23+,24+,25-,26+,29+,31+/m1/s1. The fraction of sp³-hybridized carbons (Fsp3) is 0.677. The molecule has 42 heavy (non-hydrogen) atoms. The number of hydrogen-bond donors (Lipinski definition) is 6. The number of allylic oxidation sites excluding steroid dienone is 1. The molecule has 3 aliphatic rings. The number of hydrogen-bond acceptors (Lipinski definition) is 10. The summed E-state index contributed by atoms with van der Waals surface area (Å²) in [6.07, 6.45) is -2.11. The molecule has 11 nitrogen and oxygen atoms in total. The van der Waals surface area contributed by atoms with Crippen molar-refractivity contribution in [1.82, 2.24) is 0 Å². The summed E-state index contributed by atoms with van der Waals surface area (Å²) in [5.41, 5.74) is 0.353. The molecule has 2 aliphatic heterocycles. The van der Waals surface area contributed by atoms with Gasteiger partial charge in [-0.25, -0.2) is 9.59 Å². The number of phenolic OH excluding ortho intramolecular Hbond substituents is 1. The van der Waals surface area contributed by atoms with Crippen molar-refractivity contribution in [3.05, 3.63) is 34.9 Å². The SMILES string of the molecule is CCCCCC[C@@](C)(CO)c1cc(O)c2c(c1)OC(C)(C)[C@@H]1CC=C(C(=O)O[C@@H]3O[C@H](C(=O)O)[C@@H](O)[C@H](O)[C@H]3O)C[C@@H]21. The van der Waals surface area contributed by atoms with Crippen molar-refractivity contribution in [1.29, 1.82) is 0 Å². The molecule has 6 N–H and O–H groups in total. The highest BCUT2D eigenvalue weighted by molar-refractivity contribution is 5.89. The minimum absolute atomic E-state index is 0.0169. The number of phenols is 1. The molecule has 8 atom stereocenters. The molecule has 0 amide bonds. The number of ether oxygens (including phenoxy) is 3. The predicted molar refractivity (Wildman–Crippen MR) is 150 cm³/mol. The Labute approximate surface area is 245 Å². The zero-order chi connectivity index (χ0) is 31.0. The molecule has 1 saturated heterocycles. The van der Waals surface area contributed by atoms with Gasteiger partial charge >= 0.3 is 11.9 Å². The Balaban J connectivity index is 1.58. The molecule has 0 aromatic heterocycles. The molecule has 4 rings (SSSR count). The van der Waals surface area contributed by atoms with E-state index < -0.39 is 53.7 Å². The smallest absolute Gasteiger partial charge is 0.336 e. The summed E-state index contributed by atoms with van der Waals surface area (Å²) in [5, 5.41) is 61.2. The summed E-state index contributed by atoms with van der Waals surface area (Å²) < 4.78 is 16.8. The van der Waals surface area contributed by atoms with Crippen LogP contribution in [0, 0.1) is 5.92 Å². The minimum Gasteiger partial charge on any atom is -0.508 e. The quantitative estimate of drug-likeness (QED) is 0.173. The minimum atomic E-state index is -1.90. The maximum absolute atomic E-state index is 13.2. The van der Waals surface area contributed by atoms with E-state index in [9.17, 15) is 40.2 Å². The number of aliphatic hydroxyl groups excluding tert-OH is 4. The second-order valence-corrected chi connectivity index (χ2v) is 12.7. The van der Waals surface area contributed by atoms with E-state index in [1.807, 2.05) is 26.8 Å². The lowest BCUT2D eigenvalue weighted by atomic mass is 9.66. The molecule has 2 heterocycles. The number of carboxylic acids is 1. The van der Waals surface area contributed by atoms with E-state index in [1.165, 1.54) is 0 Å². The van der Waals surface area contributed by atoms with Gasteiger partial charge in [-0.3, -0.25) is 0 Å². The molecular weight excluding hydrogens is 548 g/mol. The molecule has 0 radical (unpaired) electrons. The van der Waals surface area contributed by atoms with Crippen LogP contribution < -0.4 is 4.74 Å². The van der Waals surface area contributed by atoms with Gasteiger partial charge in [0.15, 0.2) is 6.10 Å². The van der Waals surface area contributed by atoms with Crippen molar-refractivity contribution in [3.63, 3.8) is 0 Å². The van der Waals surface area contributed by atoms with Gasteiger partial charge in [0.05, 0.1) is 6.61 Å². The monoisotopic (exact) mass is 592 g/mol. The van der Waals surface area contributed by atoms with Crippen LogP contribution in [-0.2, 0) is 24.5 Å². The van der Waals surface area contributed by atoms with Crippen molar-refractivity contribution in [2.45, 2.75) is 120 Å². The van der Waals surface area contributed by atoms with Crippen molar-refractivity contribution >= 4 is 11.9 Å². The number of aliphatic hydroxyl groups is 4. The molecule has 0 bridgehead atoms. The van der Waals surface area contributed by atoms with Gasteiger partial charge in [0.1, 0.15) is 35.4 Å². The molecule has 1 aliphatic carbocycles. The fourth-order valence-electron chi connectivity index (χ4n) is 6.50. The Morgan fingerprint density at radius 1 is 1.10 bits per heavy atom. The first-order chi connectivity index (χ1) is 19.7. The average Bonchev–Trinajstić information content (AvgIpc) is 2.94. The lowest BCUT2D eigenvalue weighted by molar-refractivity contribution is -0.285. The lowest BCUT2D eigenvalue weighted by Crippen LogP contribution is -2.60. The third-order valence-electron chi connectivity index (χ3n) is 9.23. The number of carbonyl (C=O) groups excluding carboxylic acids is 1. The molecule has 1 aromatic carbocycles. The third-order valence-corrected chi connectivity index (χ3v) is 9.23. The number of unbranched alkanes of at least 4 members (excludes halogenated alkanes) is 3. The molecule has 0 unspecified atom stereocenters. The first kappa shape index (κ1) is 32.2. The third kappa shape index (κ3) is 6.16. The summed E-state index contributed by atoms with van der Waals surface area (Å²) in [7, 11) is 0. The number of carboxylic acid groups (broad SMARTS) is 1. The molecule has 1 aromatic rings. The van der Waals surface area contributed by atoms with Gasteiger partial charge in [0, 0.05) is 28.4 Å². The van der Waals surface area contributed by atoms with Gasteiger partial charge < -0.3 is 44.8 Å². The number of rotatable bonds is 10. The maximum atomic E-state index is 13.2. The van der Waals surface area contributed by atoms with E-state index >= 15 is 0 Å². The van der Waals surface area contributed by atoms with Crippen LogP contribution in [-0.4, -0.2) is 85.5 Å². The largest absolute Gasteiger partial charge is 0.508 e. The van der Waals surface area contributed by atoms with E-state index in [1.54, 1.807) is 12.1 Å². The zero-order valence-electron chi connectivity index (χ0n) is 24.7. The lowest BCUT2D eigenvalue weighted by Gasteiger charge is -2.47. The molecule has 0 saturated carbocycles. The number of fused-ring (bicyclic) bond motifs is 3. The zero-order valence-corrected chi connectivity index (χ0v) is 24.7. The molecule has 1 fully saturated rings. The summed E-state index contributed by atoms with van der Waals surface area (Å²) in [5.74, 6) is -2.36. The Bertz CT molecular complexity index is 1190. The highest BCUT2D eigenvalue weighted by Gasteiger charge is 2.50. The Hall–Kier alpha value is -2.70. The first-order valence-corrected chi connectivity index (χ1v) is 14.7.